The highest BCUT2D eigenvalue weighted by Crippen LogP contribution is 2.29. The minimum Gasteiger partial charge on any atom is -0.350 e. The molecule has 0 aliphatic rings. The molecule has 0 atom stereocenters. The van der Waals surface area contributed by atoms with Crippen molar-refractivity contribution in [1.82, 2.24) is 19.9 Å². The van der Waals surface area contributed by atoms with Crippen LogP contribution in [0.2, 0.25) is 0 Å². The van der Waals surface area contributed by atoms with Crippen molar-refractivity contribution in [1.29, 1.82) is 0 Å². The monoisotopic (exact) mass is 572 g/mol. The van der Waals surface area contributed by atoms with E-state index in [0.717, 1.165) is 43.1 Å². The first-order valence-corrected chi connectivity index (χ1v) is 14.1. The molecule has 44 heavy (non-hydrogen) atoms. The fraction of sp³-hybridized carbons (Fsp3) is 0. The number of aromatic nitrogens is 4. The molecule has 9 rings (SSSR count). The predicted octanol–water partition coefficient (Wildman–Crippen LogP) is 6.23. The third-order valence-corrected chi connectivity index (χ3v) is 8.62. The van der Waals surface area contributed by atoms with Gasteiger partial charge in [0.15, 0.2) is 0 Å². The number of nitrogens with one attached hydrogen (secondary N) is 4. The molecule has 0 saturated heterocycles. The van der Waals surface area contributed by atoms with Gasteiger partial charge in [-0.1, -0.05) is 48.5 Å². The van der Waals surface area contributed by atoms with Gasteiger partial charge in [-0.2, -0.15) is 0 Å². The van der Waals surface area contributed by atoms with E-state index in [2.05, 4.69) is 19.9 Å². The van der Waals surface area contributed by atoms with Crippen molar-refractivity contribution in [2.45, 2.75) is 0 Å². The first kappa shape index (κ1) is 24.3. The van der Waals surface area contributed by atoms with Crippen molar-refractivity contribution >= 4 is 87.2 Å². The quantitative estimate of drug-likeness (QED) is 0.127. The molecule has 9 aromatic rings. The van der Waals surface area contributed by atoms with Gasteiger partial charge in [0.05, 0.1) is 0 Å². The third kappa shape index (κ3) is 3.33. The average molecular weight is 573 g/mol. The van der Waals surface area contributed by atoms with Crippen LogP contribution in [0.1, 0.15) is 0 Å². The van der Waals surface area contributed by atoms with Crippen LogP contribution in [0.25, 0.3) is 87.2 Å². The fourth-order valence-electron chi connectivity index (χ4n) is 6.34. The van der Waals surface area contributed by atoms with E-state index in [1.165, 1.54) is 0 Å². The Balaban J connectivity index is 1.57. The zero-order chi connectivity index (χ0) is 29.7. The second kappa shape index (κ2) is 8.62. The summed E-state index contributed by atoms with van der Waals surface area (Å²) in [5.74, 6) is 0. The Morgan fingerprint density at radius 2 is 0.568 bits per heavy atom. The second-order valence-corrected chi connectivity index (χ2v) is 11.1. The van der Waals surface area contributed by atoms with Gasteiger partial charge in [-0.3, -0.25) is 19.2 Å². The van der Waals surface area contributed by atoms with E-state index in [4.69, 9.17) is 0 Å². The summed E-state index contributed by atoms with van der Waals surface area (Å²) in [7, 11) is 0. The molecule has 208 valence electrons. The molecular formula is C36H20N4O4. The summed E-state index contributed by atoms with van der Waals surface area (Å²) in [6, 6.07) is 30.9. The van der Waals surface area contributed by atoms with Crippen LogP contribution in [0, 0.1) is 0 Å². The largest absolute Gasteiger partial charge is 0.350 e. The lowest BCUT2D eigenvalue weighted by Gasteiger charge is -2.08. The van der Waals surface area contributed by atoms with E-state index < -0.39 is 21.7 Å². The molecule has 4 bridgehead atoms. The molecule has 0 aliphatic heterocycles. The van der Waals surface area contributed by atoms with Crippen LogP contribution in [-0.2, 0) is 0 Å². The number of rotatable bonds is 0. The molecule has 8 heteroatoms. The maximum atomic E-state index is 12.9. The van der Waals surface area contributed by atoms with Gasteiger partial charge in [-0.15, -0.1) is 0 Å². The van der Waals surface area contributed by atoms with Gasteiger partial charge in [0.25, 0.3) is 21.7 Å². The third-order valence-electron chi connectivity index (χ3n) is 8.62. The Kier molecular flexibility index (Phi) is 4.77. The van der Waals surface area contributed by atoms with Crippen molar-refractivity contribution in [3.8, 4) is 0 Å². The molecule has 0 unspecified atom stereocenters. The number of benzene rings is 6. The molecule has 0 spiro atoms. The number of hydrogen-bond donors (Lipinski definition) is 4. The SMILES string of the molecule is O=c1c(=O)c2[nH]c3cccc4cc5cccc([nH]c6c(=O)c(=O)c6[nH]c6cccc7cc8cccc([nH]c12)c8cc76)c5cc43. The molecule has 0 aliphatic carbocycles. The molecule has 0 fully saturated rings. The number of H-pyrrole nitrogens is 4. The van der Waals surface area contributed by atoms with E-state index in [9.17, 15) is 19.2 Å². The number of fused-ring (bicyclic) bond motifs is 2. The van der Waals surface area contributed by atoms with E-state index in [1.807, 2.05) is 97.1 Å². The average Bonchev–Trinajstić information content (AvgIpc) is 3.05. The van der Waals surface area contributed by atoms with Gasteiger partial charge < -0.3 is 19.9 Å². The molecule has 0 amide bonds. The normalized spacial score (nSPS) is 12.0. The summed E-state index contributed by atoms with van der Waals surface area (Å²) in [5, 5.41) is 6.97. The molecule has 1 aromatic heterocycles. The molecule has 8 aromatic carbocycles. The maximum absolute atomic E-state index is 12.9. The van der Waals surface area contributed by atoms with Crippen molar-refractivity contribution in [2.75, 3.05) is 0 Å². The van der Waals surface area contributed by atoms with Crippen molar-refractivity contribution in [3.63, 3.8) is 0 Å². The summed E-state index contributed by atoms with van der Waals surface area (Å²) in [5.41, 5.74) is 1.04. The van der Waals surface area contributed by atoms with Gasteiger partial charge in [0, 0.05) is 43.6 Å². The first-order valence-electron chi connectivity index (χ1n) is 14.1. The van der Waals surface area contributed by atoms with Crippen molar-refractivity contribution < 1.29 is 0 Å². The lowest BCUT2D eigenvalue weighted by Crippen LogP contribution is -2.31. The summed E-state index contributed by atoms with van der Waals surface area (Å²) in [6.45, 7) is 0. The van der Waals surface area contributed by atoms with E-state index >= 15 is 0 Å². The van der Waals surface area contributed by atoms with Gasteiger partial charge in [0.1, 0.15) is 22.1 Å². The van der Waals surface area contributed by atoms with Crippen LogP contribution < -0.4 is 21.7 Å². The molecule has 0 saturated carbocycles. The van der Waals surface area contributed by atoms with E-state index in [1.54, 1.807) is 0 Å². The maximum Gasteiger partial charge on any atom is 0.253 e. The summed E-state index contributed by atoms with van der Waals surface area (Å²) >= 11 is 0. The van der Waals surface area contributed by atoms with Crippen LogP contribution >= 0.6 is 0 Å². The highest BCUT2D eigenvalue weighted by Gasteiger charge is 2.15. The lowest BCUT2D eigenvalue weighted by atomic mass is 10.0. The highest BCUT2D eigenvalue weighted by molar-refractivity contribution is 6.11. The van der Waals surface area contributed by atoms with Crippen LogP contribution in [0.5, 0.6) is 0 Å². The van der Waals surface area contributed by atoms with Crippen LogP contribution in [-0.4, -0.2) is 19.9 Å². The minimum atomic E-state index is -0.591. The van der Waals surface area contributed by atoms with E-state index in [-0.39, 0.29) is 22.1 Å². The van der Waals surface area contributed by atoms with Gasteiger partial charge in [0.2, 0.25) is 0 Å². The molecular weight excluding hydrogens is 552 g/mol. The minimum absolute atomic E-state index is 0.198. The van der Waals surface area contributed by atoms with Crippen LogP contribution in [0.4, 0.5) is 0 Å². The zero-order valence-corrected chi connectivity index (χ0v) is 22.9. The van der Waals surface area contributed by atoms with Gasteiger partial charge in [-0.05, 0) is 70.1 Å². The fourth-order valence-corrected chi connectivity index (χ4v) is 6.34. The van der Waals surface area contributed by atoms with Crippen molar-refractivity contribution in [2.24, 2.45) is 0 Å². The molecule has 1 heterocycles. The zero-order valence-electron chi connectivity index (χ0n) is 22.9. The van der Waals surface area contributed by atoms with Gasteiger partial charge >= 0.3 is 0 Å². The first-order chi connectivity index (χ1) is 21.4. The summed E-state index contributed by atoms with van der Waals surface area (Å²) < 4.78 is 0. The molecule has 0 radical (unpaired) electrons. The topological polar surface area (TPSA) is 131 Å². The molecule has 4 N–H and O–H groups in total. The summed E-state index contributed by atoms with van der Waals surface area (Å²) in [6.07, 6.45) is 0. The summed E-state index contributed by atoms with van der Waals surface area (Å²) in [4.78, 5) is 64.5. The second-order valence-electron chi connectivity index (χ2n) is 11.1. The van der Waals surface area contributed by atoms with E-state index in [0.29, 0.717) is 22.1 Å². The highest BCUT2D eigenvalue weighted by atomic mass is 16.2. The van der Waals surface area contributed by atoms with Crippen molar-refractivity contribution in [3.05, 3.63) is 138 Å². The number of aromatic amines is 4. The smallest absolute Gasteiger partial charge is 0.253 e. The van der Waals surface area contributed by atoms with Crippen LogP contribution in [0.3, 0.4) is 0 Å². The lowest BCUT2D eigenvalue weighted by molar-refractivity contribution is 1.35. The van der Waals surface area contributed by atoms with Gasteiger partial charge in [-0.25, -0.2) is 0 Å². The molecule has 8 nitrogen and oxygen atoms in total. The Labute approximate surface area is 244 Å². The Morgan fingerprint density at radius 1 is 0.318 bits per heavy atom. The predicted molar refractivity (Wildman–Crippen MR) is 178 cm³/mol. The Morgan fingerprint density at radius 3 is 0.818 bits per heavy atom. The van der Waals surface area contributed by atoms with Crippen LogP contribution in [0.15, 0.2) is 116 Å². The number of hydrogen-bond acceptors (Lipinski definition) is 4. The Bertz CT molecular complexity index is 2630. The standard InChI is InChI=1S/C36H20N4O4/c41-33-29-30(34(33)42)38-27-11-3-7-19-14-20-8-4-12-28(24(20)16-23(19)27)40-32-31(35(43)36(32)44)39-26-10-2-6-18-13-17-5-1-9-25(37-29)21(17)15-22(18)26/h1-16,37-40H. The Hall–Kier alpha value is -6.28.